The molecule has 0 radical (unpaired) electrons. The number of nitrogens with zero attached hydrogens (tertiary/aromatic N) is 1. The molecule has 0 aliphatic heterocycles. The monoisotopic (exact) mass is 395 g/mol. The zero-order valence-electron chi connectivity index (χ0n) is 15.9. The lowest BCUT2D eigenvalue weighted by atomic mass is 10.1. The summed E-state index contributed by atoms with van der Waals surface area (Å²) in [5, 5.41) is 14.0. The van der Waals surface area contributed by atoms with E-state index in [2.05, 4.69) is 23.3 Å². The van der Waals surface area contributed by atoms with Gasteiger partial charge in [-0.2, -0.15) is 0 Å². The van der Waals surface area contributed by atoms with Gasteiger partial charge in [-0.05, 0) is 66.3 Å². The predicted molar refractivity (Wildman–Crippen MR) is 119 cm³/mol. The minimum Gasteiger partial charge on any atom is -0.396 e. The SMILES string of the molecule is CCc1ccc2[nH]c(=O)c(CN(CCCO)C(=S)Nc3ccccc3)cc2c1. The maximum atomic E-state index is 12.6. The summed E-state index contributed by atoms with van der Waals surface area (Å²) in [4.78, 5) is 17.5. The number of hydrogen-bond donors (Lipinski definition) is 3. The number of aromatic nitrogens is 1. The molecule has 0 fully saturated rings. The molecule has 0 unspecified atom stereocenters. The Balaban J connectivity index is 1.86. The van der Waals surface area contributed by atoms with Gasteiger partial charge in [0, 0.05) is 29.9 Å². The van der Waals surface area contributed by atoms with Crippen LogP contribution in [0, 0.1) is 0 Å². The number of aliphatic hydroxyl groups is 1. The van der Waals surface area contributed by atoms with Gasteiger partial charge in [0.15, 0.2) is 5.11 Å². The maximum Gasteiger partial charge on any atom is 0.253 e. The summed E-state index contributed by atoms with van der Waals surface area (Å²) < 4.78 is 0. The molecule has 3 aromatic rings. The molecule has 5 nitrogen and oxygen atoms in total. The molecule has 1 heterocycles. The van der Waals surface area contributed by atoms with Crippen LogP contribution in [0.4, 0.5) is 5.69 Å². The van der Waals surface area contributed by atoms with Crippen molar-refractivity contribution in [1.82, 2.24) is 9.88 Å². The summed E-state index contributed by atoms with van der Waals surface area (Å²) >= 11 is 5.57. The summed E-state index contributed by atoms with van der Waals surface area (Å²) in [6, 6.07) is 17.7. The van der Waals surface area contributed by atoms with Crippen LogP contribution < -0.4 is 10.9 Å². The number of H-pyrrole nitrogens is 1. The van der Waals surface area contributed by atoms with Crippen LogP contribution >= 0.6 is 12.2 Å². The summed E-state index contributed by atoms with van der Waals surface area (Å²) in [6.45, 7) is 3.11. The molecule has 0 spiro atoms. The lowest BCUT2D eigenvalue weighted by Gasteiger charge is -2.25. The number of pyridine rings is 1. The molecule has 0 atom stereocenters. The van der Waals surface area contributed by atoms with Gasteiger partial charge in [-0.25, -0.2) is 0 Å². The van der Waals surface area contributed by atoms with Crippen LogP contribution in [-0.2, 0) is 13.0 Å². The molecule has 2 aromatic carbocycles. The number of aliphatic hydroxyl groups excluding tert-OH is 1. The smallest absolute Gasteiger partial charge is 0.253 e. The number of para-hydroxylation sites is 1. The van der Waals surface area contributed by atoms with Crippen LogP contribution in [-0.4, -0.2) is 33.3 Å². The molecule has 146 valence electrons. The van der Waals surface area contributed by atoms with E-state index in [4.69, 9.17) is 12.2 Å². The van der Waals surface area contributed by atoms with Gasteiger partial charge >= 0.3 is 0 Å². The van der Waals surface area contributed by atoms with Gasteiger partial charge in [-0.3, -0.25) is 4.79 Å². The minimum absolute atomic E-state index is 0.0678. The van der Waals surface area contributed by atoms with Gasteiger partial charge in [0.25, 0.3) is 5.56 Å². The molecule has 0 amide bonds. The lowest BCUT2D eigenvalue weighted by molar-refractivity contribution is 0.266. The number of thiocarbonyl (C=S) groups is 1. The average molecular weight is 396 g/mol. The van der Waals surface area contributed by atoms with Crippen molar-refractivity contribution in [3.63, 3.8) is 0 Å². The highest BCUT2D eigenvalue weighted by atomic mass is 32.1. The third kappa shape index (κ3) is 4.97. The van der Waals surface area contributed by atoms with Gasteiger partial charge in [-0.1, -0.05) is 31.2 Å². The van der Waals surface area contributed by atoms with E-state index in [-0.39, 0.29) is 12.2 Å². The summed E-state index contributed by atoms with van der Waals surface area (Å²) in [5.41, 5.74) is 3.48. The summed E-state index contributed by atoms with van der Waals surface area (Å²) in [6.07, 6.45) is 1.51. The summed E-state index contributed by atoms with van der Waals surface area (Å²) in [5.74, 6) is 0. The van der Waals surface area contributed by atoms with Crippen LogP contribution in [0.25, 0.3) is 10.9 Å². The van der Waals surface area contributed by atoms with E-state index in [1.165, 1.54) is 5.56 Å². The van der Waals surface area contributed by atoms with Gasteiger partial charge in [-0.15, -0.1) is 0 Å². The number of aromatic amines is 1. The van der Waals surface area contributed by atoms with E-state index < -0.39 is 0 Å². The second kappa shape index (κ2) is 9.48. The van der Waals surface area contributed by atoms with Gasteiger partial charge in [0.1, 0.15) is 0 Å². The first-order valence-corrected chi connectivity index (χ1v) is 9.88. The third-order valence-electron chi connectivity index (χ3n) is 4.65. The fourth-order valence-electron chi connectivity index (χ4n) is 3.08. The molecule has 0 aliphatic rings. The van der Waals surface area contributed by atoms with E-state index in [0.29, 0.717) is 30.2 Å². The second-order valence-corrected chi connectivity index (χ2v) is 7.08. The van der Waals surface area contributed by atoms with Crippen molar-refractivity contribution < 1.29 is 5.11 Å². The Morgan fingerprint density at radius 3 is 2.68 bits per heavy atom. The Morgan fingerprint density at radius 1 is 1.18 bits per heavy atom. The van der Waals surface area contributed by atoms with Gasteiger partial charge in [0.05, 0.1) is 6.54 Å². The molecule has 28 heavy (non-hydrogen) atoms. The molecule has 0 bridgehead atoms. The Kier molecular flexibility index (Phi) is 6.79. The third-order valence-corrected chi connectivity index (χ3v) is 5.01. The molecule has 0 saturated heterocycles. The topological polar surface area (TPSA) is 68.4 Å². The van der Waals surface area contributed by atoms with Crippen molar-refractivity contribution in [2.75, 3.05) is 18.5 Å². The Hall–Kier alpha value is -2.70. The van der Waals surface area contributed by atoms with Crippen LogP contribution in [0.5, 0.6) is 0 Å². The normalized spacial score (nSPS) is 10.8. The van der Waals surface area contributed by atoms with E-state index in [1.807, 2.05) is 53.4 Å². The number of nitrogens with one attached hydrogen (secondary N) is 2. The molecule has 0 saturated carbocycles. The van der Waals surface area contributed by atoms with Crippen molar-refractivity contribution in [3.05, 3.63) is 76.1 Å². The number of hydrogen-bond acceptors (Lipinski definition) is 3. The predicted octanol–water partition coefficient (Wildman–Crippen LogP) is 3.67. The number of anilines is 1. The van der Waals surface area contributed by atoms with Crippen molar-refractivity contribution in [2.24, 2.45) is 0 Å². The molecular weight excluding hydrogens is 370 g/mol. The fraction of sp³-hybridized carbons (Fsp3) is 0.273. The van der Waals surface area contributed by atoms with Crippen molar-refractivity contribution in [3.8, 4) is 0 Å². The zero-order chi connectivity index (χ0) is 19.9. The van der Waals surface area contributed by atoms with E-state index in [9.17, 15) is 9.90 Å². The lowest BCUT2D eigenvalue weighted by Crippen LogP contribution is -2.37. The molecule has 1 aromatic heterocycles. The standard InChI is InChI=1S/C22H25N3O2S/c1-2-16-9-10-20-17(13-16)14-18(21(27)24-20)15-25(11-6-12-26)22(28)23-19-7-4-3-5-8-19/h3-5,7-10,13-14,26H,2,6,11-12,15H2,1H3,(H,23,28)(H,24,27). The number of aryl methyl sites for hydroxylation is 1. The van der Waals surface area contributed by atoms with Gasteiger partial charge in [0.2, 0.25) is 0 Å². The molecular formula is C22H25N3O2S. The molecule has 6 heteroatoms. The molecule has 0 aliphatic carbocycles. The van der Waals surface area contributed by atoms with Crippen LogP contribution in [0.3, 0.4) is 0 Å². The highest BCUT2D eigenvalue weighted by Gasteiger charge is 2.13. The highest BCUT2D eigenvalue weighted by Crippen LogP contribution is 2.16. The average Bonchev–Trinajstić information content (AvgIpc) is 2.71. The highest BCUT2D eigenvalue weighted by molar-refractivity contribution is 7.80. The van der Waals surface area contributed by atoms with Crippen molar-refractivity contribution >= 4 is 33.9 Å². The Bertz CT molecular complexity index is 1000. The number of rotatable bonds is 7. The van der Waals surface area contributed by atoms with E-state index in [1.54, 1.807) is 0 Å². The first-order chi connectivity index (χ1) is 13.6. The van der Waals surface area contributed by atoms with E-state index in [0.717, 1.165) is 23.0 Å². The van der Waals surface area contributed by atoms with Crippen molar-refractivity contribution in [2.45, 2.75) is 26.3 Å². The number of benzene rings is 2. The quantitative estimate of drug-likeness (QED) is 0.533. The minimum atomic E-state index is -0.117. The van der Waals surface area contributed by atoms with Crippen LogP contribution in [0.2, 0.25) is 0 Å². The number of fused-ring (bicyclic) bond motifs is 1. The molecule has 3 N–H and O–H groups in total. The van der Waals surface area contributed by atoms with Crippen molar-refractivity contribution in [1.29, 1.82) is 0 Å². The Labute approximate surface area is 170 Å². The second-order valence-electron chi connectivity index (χ2n) is 6.69. The zero-order valence-corrected chi connectivity index (χ0v) is 16.8. The largest absolute Gasteiger partial charge is 0.396 e. The maximum absolute atomic E-state index is 12.6. The van der Waals surface area contributed by atoms with Gasteiger partial charge < -0.3 is 20.3 Å². The fourth-order valence-corrected chi connectivity index (χ4v) is 3.36. The van der Waals surface area contributed by atoms with Crippen LogP contribution in [0.1, 0.15) is 24.5 Å². The Morgan fingerprint density at radius 2 is 1.96 bits per heavy atom. The van der Waals surface area contributed by atoms with E-state index >= 15 is 0 Å². The summed E-state index contributed by atoms with van der Waals surface area (Å²) in [7, 11) is 0. The molecule has 3 rings (SSSR count). The first kappa shape index (κ1) is 20.0. The van der Waals surface area contributed by atoms with Crippen LogP contribution in [0.15, 0.2) is 59.4 Å². The first-order valence-electron chi connectivity index (χ1n) is 9.47.